The normalized spacial score (nSPS) is 9.82. The summed E-state index contributed by atoms with van der Waals surface area (Å²) < 4.78 is 0. The van der Waals surface area contributed by atoms with Crippen LogP contribution in [0.5, 0.6) is 0 Å². The third kappa shape index (κ3) is 3.60. The van der Waals surface area contributed by atoms with Crippen molar-refractivity contribution in [3.8, 4) is 0 Å². The topological polar surface area (TPSA) is 82.5 Å². The van der Waals surface area contributed by atoms with Gasteiger partial charge in [-0.2, -0.15) is 0 Å². The van der Waals surface area contributed by atoms with E-state index < -0.39 is 5.97 Å². The molecule has 1 heterocycles. The molecule has 0 spiro atoms. The Morgan fingerprint density at radius 2 is 2.12 bits per heavy atom. The van der Waals surface area contributed by atoms with Crippen molar-refractivity contribution < 1.29 is 14.7 Å². The van der Waals surface area contributed by atoms with Gasteiger partial charge in [0.25, 0.3) is 0 Å². The third-order valence-electron chi connectivity index (χ3n) is 1.97. The number of carboxylic acids is 1. The minimum atomic E-state index is -1.21. The Hall–Kier alpha value is -1.82. The summed E-state index contributed by atoms with van der Waals surface area (Å²) in [6.07, 6.45) is 0. The highest BCUT2D eigenvalue weighted by Crippen LogP contribution is 2.16. The van der Waals surface area contributed by atoms with Gasteiger partial charge in [-0.1, -0.05) is 11.6 Å². The quantitative estimate of drug-likeness (QED) is 0.839. The molecular weight excluding hydrogens is 246 g/mol. The summed E-state index contributed by atoms with van der Waals surface area (Å²) in [5.41, 5.74) is -0.242. The zero-order valence-electron chi connectivity index (χ0n) is 9.40. The number of anilines is 1. The first-order valence-electron chi connectivity index (χ1n) is 4.75. The number of carboxylic acid groups (broad SMARTS) is 1. The van der Waals surface area contributed by atoms with Crippen LogP contribution in [0.1, 0.15) is 10.5 Å². The van der Waals surface area contributed by atoms with Gasteiger partial charge in [0.1, 0.15) is 5.82 Å². The number of pyridine rings is 1. The Labute approximate surface area is 103 Å². The Kier molecular flexibility index (Phi) is 4.28. The van der Waals surface area contributed by atoms with Gasteiger partial charge in [-0.15, -0.1) is 0 Å². The van der Waals surface area contributed by atoms with E-state index in [1.807, 2.05) is 0 Å². The smallest absolute Gasteiger partial charge is 0.356 e. The van der Waals surface area contributed by atoms with E-state index in [9.17, 15) is 9.59 Å². The molecule has 0 saturated heterocycles. The highest BCUT2D eigenvalue weighted by Gasteiger charge is 2.12. The van der Waals surface area contributed by atoms with Crippen molar-refractivity contribution in [3.05, 3.63) is 22.8 Å². The molecule has 0 bridgehead atoms. The second kappa shape index (κ2) is 5.49. The summed E-state index contributed by atoms with van der Waals surface area (Å²) in [6.45, 7) is 0.0424. The number of rotatable bonds is 4. The molecule has 0 atom stereocenters. The zero-order valence-corrected chi connectivity index (χ0v) is 10.2. The highest BCUT2D eigenvalue weighted by atomic mass is 35.5. The Balaban J connectivity index is 2.76. The fourth-order valence-electron chi connectivity index (χ4n) is 1.01. The summed E-state index contributed by atoms with van der Waals surface area (Å²) in [5.74, 6) is -1.06. The molecule has 0 radical (unpaired) electrons. The molecule has 1 rings (SSSR count). The van der Waals surface area contributed by atoms with Gasteiger partial charge >= 0.3 is 5.97 Å². The second-order valence-corrected chi connectivity index (χ2v) is 3.88. The molecule has 0 aromatic carbocycles. The lowest BCUT2D eigenvalue weighted by Gasteiger charge is -2.11. The van der Waals surface area contributed by atoms with Gasteiger partial charge in [0.2, 0.25) is 5.91 Å². The van der Waals surface area contributed by atoms with Crippen LogP contribution < -0.4 is 5.32 Å². The van der Waals surface area contributed by atoms with Crippen LogP contribution in [0.2, 0.25) is 5.02 Å². The molecule has 92 valence electrons. The molecule has 1 aromatic rings. The second-order valence-electron chi connectivity index (χ2n) is 3.47. The number of aromatic nitrogens is 1. The van der Waals surface area contributed by atoms with Crippen molar-refractivity contribution in [2.24, 2.45) is 0 Å². The first-order valence-corrected chi connectivity index (χ1v) is 5.13. The maximum atomic E-state index is 11.3. The first kappa shape index (κ1) is 13.2. The van der Waals surface area contributed by atoms with Crippen molar-refractivity contribution in [1.82, 2.24) is 9.88 Å². The molecule has 1 amide bonds. The molecule has 0 saturated carbocycles. The summed E-state index contributed by atoms with van der Waals surface area (Å²) in [6, 6.07) is 2.93. The average molecular weight is 258 g/mol. The monoisotopic (exact) mass is 257 g/mol. The number of amides is 1. The standard InChI is InChI=1S/C10H12ClN3O3/c1-14(2)8(15)5-12-7-4-3-6(11)9(13-7)10(16)17/h3-4H,5H2,1-2H3,(H,12,13)(H,16,17). The molecule has 0 unspecified atom stereocenters. The van der Waals surface area contributed by atoms with Gasteiger partial charge in [-0.25, -0.2) is 9.78 Å². The number of carbonyl (C=O) groups excluding carboxylic acids is 1. The minimum absolute atomic E-state index is 0.0424. The fraction of sp³-hybridized carbons (Fsp3) is 0.300. The molecular formula is C10H12ClN3O3. The van der Waals surface area contributed by atoms with E-state index in [1.54, 1.807) is 14.1 Å². The lowest BCUT2D eigenvalue weighted by Crippen LogP contribution is -2.28. The molecule has 0 aliphatic heterocycles. The Bertz CT molecular complexity index is 448. The van der Waals surface area contributed by atoms with Crippen molar-refractivity contribution in [3.63, 3.8) is 0 Å². The van der Waals surface area contributed by atoms with E-state index in [-0.39, 0.29) is 23.2 Å². The van der Waals surface area contributed by atoms with Crippen LogP contribution in [0.3, 0.4) is 0 Å². The molecule has 2 N–H and O–H groups in total. The minimum Gasteiger partial charge on any atom is -0.476 e. The summed E-state index contributed by atoms with van der Waals surface area (Å²) in [5, 5.41) is 11.6. The van der Waals surface area contributed by atoms with Crippen LogP contribution in [-0.4, -0.2) is 47.5 Å². The summed E-state index contributed by atoms with van der Waals surface area (Å²) >= 11 is 5.66. The van der Waals surface area contributed by atoms with Gasteiger partial charge in [0.15, 0.2) is 5.69 Å². The summed E-state index contributed by atoms with van der Waals surface area (Å²) in [4.78, 5) is 27.3. The van der Waals surface area contributed by atoms with E-state index in [0.29, 0.717) is 5.82 Å². The average Bonchev–Trinajstić information content (AvgIpc) is 2.26. The van der Waals surface area contributed by atoms with Gasteiger partial charge in [0, 0.05) is 14.1 Å². The largest absolute Gasteiger partial charge is 0.476 e. The maximum Gasteiger partial charge on any atom is 0.356 e. The molecule has 0 fully saturated rings. The number of hydrogen-bond acceptors (Lipinski definition) is 4. The molecule has 0 aliphatic rings. The number of likely N-dealkylation sites (N-methyl/N-ethyl adjacent to an activating group) is 1. The van der Waals surface area contributed by atoms with Crippen molar-refractivity contribution in [1.29, 1.82) is 0 Å². The van der Waals surface area contributed by atoms with E-state index in [0.717, 1.165) is 0 Å². The van der Waals surface area contributed by atoms with Gasteiger partial charge in [-0.3, -0.25) is 4.79 Å². The molecule has 0 aliphatic carbocycles. The number of aromatic carboxylic acids is 1. The third-order valence-corrected chi connectivity index (χ3v) is 2.27. The Morgan fingerprint density at radius 1 is 1.47 bits per heavy atom. The number of nitrogens with zero attached hydrogens (tertiary/aromatic N) is 2. The van der Waals surface area contributed by atoms with Crippen LogP contribution in [-0.2, 0) is 4.79 Å². The fourth-order valence-corrected chi connectivity index (χ4v) is 1.20. The van der Waals surface area contributed by atoms with Crippen LogP contribution >= 0.6 is 11.6 Å². The number of hydrogen-bond donors (Lipinski definition) is 2. The van der Waals surface area contributed by atoms with Crippen molar-refractivity contribution >= 4 is 29.3 Å². The SMILES string of the molecule is CN(C)C(=O)CNc1ccc(Cl)c(C(=O)O)n1. The number of carbonyl (C=O) groups is 2. The maximum absolute atomic E-state index is 11.3. The van der Waals surface area contributed by atoms with E-state index >= 15 is 0 Å². The number of nitrogens with one attached hydrogen (secondary N) is 1. The van der Waals surface area contributed by atoms with E-state index in [4.69, 9.17) is 16.7 Å². The number of halogens is 1. The van der Waals surface area contributed by atoms with E-state index in [2.05, 4.69) is 10.3 Å². The lowest BCUT2D eigenvalue weighted by atomic mass is 10.3. The lowest BCUT2D eigenvalue weighted by molar-refractivity contribution is -0.126. The van der Waals surface area contributed by atoms with E-state index in [1.165, 1.54) is 17.0 Å². The first-order chi connectivity index (χ1) is 7.91. The van der Waals surface area contributed by atoms with Gasteiger partial charge in [-0.05, 0) is 12.1 Å². The van der Waals surface area contributed by atoms with Gasteiger partial charge < -0.3 is 15.3 Å². The van der Waals surface area contributed by atoms with Crippen LogP contribution in [0.25, 0.3) is 0 Å². The highest BCUT2D eigenvalue weighted by molar-refractivity contribution is 6.33. The zero-order chi connectivity index (χ0) is 13.0. The predicted octanol–water partition coefficient (Wildman–Crippen LogP) is 0.933. The predicted molar refractivity (Wildman–Crippen MR) is 63.4 cm³/mol. The molecule has 6 nitrogen and oxygen atoms in total. The van der Waals surface area contributed by atoms with Crippen molar-refractivity contribution in [2.75, 3.05) is 26.0 Å². The molecule has 7 heteroatoms. The summed E-state index contributed by atoms with van der Waals surface area (Å²) in [7, 11) is 3.25. The molecule has 17 heavy (non-hydrogen) atoms. The van der Waals surface area contributed by atoms with Crippen LogP contribution in [0.4, 0.5) is 5.82 Å². The Morgan fingerprint density at radius 3 is 2.65 bits per heavy atom. The van der Waals surface area contributed by atoms with Crippen LogP contribution in [0, 0.1) is 0 Å². The van der Waals surface area contributed by atoms with Crippen LogP contribution in [0.15, 0.2) is 12.1 Å². The molecule has 1 aromatic heterocycles. The van der Waals surface area contributed by atoms with Crippen molar-refractivity contribution in [2.45, 2.75) is 0 Å². The van der Waals surface area contributed by atoms with Gasteiger partial charge in [0.05, 0.1) is 11.6 Å².